The first-order valence-electron chi connectivity index (χ1n) is 11.0. The van der Waals surface area contributed by atoms with Crippen LogP contribution in [0.5, 0.6) is 0 Å². The van der Waals surface area contributed by atoms with Crippen LogP contribution in [0.2, 0.25) is 0 Å². The summed E-state index contributed by atoms with van der Waals surface area (Å²) in [5, 5.41) is 0. The molecule has 2 aliphatic rings. The van der Waals surface area contributed by atoms with Crippen LogP contribution in [0.25, 0.3) is 0 Å². The van der Waals surface area contributed by atoms with Crippen molar-refractivity contribution in [3.8, 4) is 0 Å². The monoisotopic (exact) mass is 388 g/mol. The second-order valence-corrected chi connectivity index (χ2v) is 7.98. The average molecular weight is 389 g/mol. The fourth-order valence-electron chi connectivity index (χ4n) is 3.73. The van der Waals surface area contributed by atoms with Crippen LogP contribution in [0.1, 0.15) is 90.9 Å². The van der Waals surface area contributed by atoms with E-state index in [4.69, 9.17) is 9.47 Å². The third kappa shape index (κ3) is 8.45. The lowest BCUT2D eigenvalue weighted by molar-refractivity contribution is -0.140. The first kappa shape index (κ1) is 22.4. The zero-order valence-corrected chi connectivity index (χ0v) is 17.6. The van der Waals surface area contributed by atoms with Crippen molar-refractivity contribution >= 4 is 11.9 Å². The molecule has 0 amide bonds. The summed E-state index contributed by atoms with van der Waals surface area (Å²) in [6.07, 6.45) is 21.8. The molecular weight excluding hydrogens is 352 g/mol. The first-order chi connectivity index (χ1) is 13.6. The second-order valence-electron chi connectivity index (χ2n) is 7.98. The van der Waals surface area contributed by atoms with E-state index in [1.165, 1.54) is 38.5 Å². The van der Waals surface area contributed by atoms with Crippen molar-refractivity contribution in [3.05, 3.63) is 35.5 Å². The second kappa shape index (κ2) is 12.6. The van der Waals surface area contributed by atoms with Gasteiger partial charge in [-0.3, -0.25) is 0 Å². The minimum absolute atomic E-state index is 0.0417. The molecule has 2 heterocycles. The van der Waals surface area contributed by atoms with E-state index in [1.54, 1.807) is 0 Å². The number of rotatable bonds is 14. The topological polar surface area (TPSA) is 52.6 Å². The molecule has 0 unspecified atom stereocenters. The molecular formula is C24H36O4. The van der Waals surface area contributed by atoms with Crippen LogP contribution in [0, 0.1) is 0 Å². The van der Waals surface area contributed by atoms with Crippen LogP contribution in [0.15, 0.2) is 35.5 Å². The minimum Gasteiger partial charge on any atom is -0.455 e. The third-order valence-corrected chi connectivity index (χ3v) is 5.28. The maximum atomic E-state index is 11.5. The van der Waals surface area contributed by atoms with Crippen molar-refractivity contribution in [2.24, 2.45) is 0 Å². The molecule has 0 aromatic rings. The molecule has 0 radical (unpaired) electrons. The van der Waals surface area contributed by atoms with Gasteiger partial charge in [0.05, 0.1) is 0 Å². The number of esters is 2. The van der Waals surface area contributed by atoms with Crippen molar-refractivity contribution in [2.45, 2.75) is 103 Å². The van der Waals surface area contributed by atoms with E-state index in [9.17, 15) is 9.59 Å². The summed E-state index contributed by atoms with van der Waals surface area (Å²) in [6.45, 7) is 3.81. The van der Waals surface area contributed by atoms with E-state index in [1.807, 2.05) is 26.0 Å². The van der Waals surface area contributed by atoms with Gasteiger partial charge in [-0.05, 0) is 77.4 Å². The standard InChI is InChI=1S/C24H36O4/c1-19-17-21(23(25)27-19)15-13-11-9-7-5-3-4-6-8-10-12-14-16-22-18-20(2)28-24(22)26/h3-4,17-20H,5-16H2,1-2H3/b4-3+/t19-,20-/m0/s1. The van der Waals surface area contributed by atoms with Crippen LogP contribution in [-0.4, -0.2) is 24.1 Å². The number of hydrogen-bond donors (Lipinski definition) is 0. The number of carbonyl (C=O) groups is 2. The van der Waals surface area contributed by atoms with E-state index in [2.05, 4.69) is 12.2 Å². The van der Waals surface area contributed by atoms with Gasteiger partial charge < -0.3 is 9.47 Å². The Hall–Kier alpha value is -1.84. The summed E-state index contributed by atoms with van der Waals surface area (Å²) in [6, 6.07) is 0. The lowest BCUT2D eigenvalue weighted by atomic mass is 10.0. The Morgan fingerprint density at radius 1 is 0.679 bits per heavy atom. The molecule has 4 nitrogen and oxygen atoms in total. The van der Waals surface area contributed by atoms with Gasteiger partial charge in [0, 0.05) is 11.1 Å². The molecule has 0 spiro atoms. The Morgan fingerprint density at radius 3 is 1.43 bits per heavy atom. The number of carbonyl (C=O) groups excluding carboxylic acids is 2. The summed E-state index contributed by atoms with van der Waals surface area (Å²) in [5.74, 6) is -0.244. The van der Waals surface area contributed by atoms with Gasteiger partial charge in [0.25, 0.3) is 0 Å². The Kier molecular flexibility index (Phi) is 10.1. The molecule has 0 bridgehead atoms. The van der Waals surface area contributed by atoms with Crippen LogP contribution in [0.4, 0.5) is 0 Å². The molecule has 0 saturated carbocycles. The van der Waals surface area contributed by atoms with Crippen molar-refractivity contribution in [2.75, 3.05) is 0 Å². The van der Waals surface area contributed by atoms with E-state index < -0.39 is 0 Å². The molecule has 2 aliphatic heterocycles. The predicted molar refractivity (Wildman–Crippen MR) is 112 cm³/mol. The molecule has 0 aromatic carbocycles. The molecule has 0 saturated heterocycles. The van der Waals surface area contributed by atoms with Crippen LogP contribution >= 0.6 is 0 Å². The SMILES string of the molecule is C[C@H]1C=C(CCCCCC/C=C/CCCCCCC2=C[C@H](C)OC2=O)C(=O)O1. The van der Waals surface area contributed by atoms with Crippen LogP contribution < -0.4 is 0 Å². The van der Waals surface area contributed by atoms with Gasteiger partial charge in [-0.2, -0.15) is 0 Å². The molecule has 0 aliphatic carbocycles. The van der Waals surface area contributed by atoms with Gasteiger partial charge in [0.15, 0.2) is 0 Å². The van der Waals surface area contributed by atoms with E-state index in [0.29, 0.717) is 0 Å². The van der Waals surface area contributed by atoms with Gasteiger partial charge in [-0.25, -0.2) is 9.59 Å². The van der Waals surface area contributed by atoms with Crippen molar-refractivity contribution in [3.63, 3.8) is 0 Å². The molecule has 0 fully saturated rings. The lowest BCUT2D eigenvalue weighted by Gasteiger charge is -2.01. The van der Waals surface area contributed by atoms with Crippen molar-refractivity contribution < 1.29 is 19.1 Å². The highest BCUT2D eigenvalue weighted by Crippen LogP contribution is 2.20. The molecule has 4 heteroatoms. The van der Waals surface area contributed by atoms with Gasteiger partial charge in [0.2, 0.25) is 0 Å². The Labute approximate surface area is 170 Å². The van der Waals surface area contributed by atoms with Crippen LogP contribution in [-0.2, 0) is 19.1 Å². The van der Waals surface area contributed by atoms with Crippen molar-refractivity contribution in [1.82, 2.24) is 0 Å². The summed E-state index contributed by atoms with van der Waals surface area (Å²) in [5.41, 5.74) is 1.73. The molecule has 2 atom stereocenters. The summed E-state index contributed by atoms with van der Waals surface area (Å²) >= 11 is 0. The summed E-state index contributed by atoms with van der Waals surface area (Å²) in [7, 11) is 0. The Morgan fingerprint density at radius 2 is 1.07 bits per heavy atom. The van der Waals surface area contributed by atoms with Gasteiger partial charge in [-0.1, -0.05) is 37.8 Å². The zero-order valence-electron chi connectivity index (χ0n) is 17.6. The quantitative estimate of drug-likeness (QED) is 0.209. The van der Waals surface area contributed by atoms with Gasteiger partial charge >= 0.3 is 11.9 Å². The van der Waals surface area contributed by atoms with E-state index >= 15 is 0 Å². The fourth-order valence-corrected chi connectivity index (χ4v) is 3.73. The molecule has 0 N–H and O–H groups in total. The maximum absolute atomic E-state index is 11.5. The Bertz CT molecular complexity index is 548. The average Bonchev–Trinajstić information content (AvgIpc) is 3.14. The number of cyclic esters (lactones) is 2. The smallest absolute Gasteiger partial charge is 0.334 e. The lowest BCUT2D eigenvalue weighted by Crippen LogP contribution is -2.03. The molecule has 156 valence electrons. The summed E-state index contributed by atoms with van der Waals surface area (Å²) in [4.78, 5) is 23.0. The molecule has 0 aromatic heterocycles. The number of allylic oxidation sites excluding steroid dienone is 2. The van der Waals surface area contributed by atoms with Gasteiger partial charge in [-0.15, -0.1) is 0 Å². The van der Waals surface area contributed by atoms with E-state index in [0.717, 1.165) is 49.7 Å². The highest BCUT2D eigenvalue weighted by atomic mass is 16.6. The predicted octanol–water partition coefficient (Wildman–Crippen LogP) is 5.97. The number of unbranched alkanes of at least 4 members (excludes halogenated alkanes) is 8. The van der Waals surface area contributed by atoms with E-state index in [-0.39, 0.29) is 24.1 Å². The number of ether oxygens (including phenoxy) is 2. The fraction of sp³-hybridized carbons (Fsp3) is 0.667. The Balaban J connectivity index is 1.35. The highest BCUT2D eigenvalue weighted by molar-refractivity contribution is 5.91. The minimum atomic E-state index is -0.122. The molecule has 28 heavy (non-hydrogen) atoms. The highest BCUT2D eigenvalue weighted by Gasteiger charge is 2.21. The number of hydrogen-bond acceptors (Lipinski definition) is 4. The largest absolute Gasteiger partial charge is 0.455 e. The third-order valence-electron chi connectivity index (χ3n) is 5.28. The normalized spacial score (nSPS) is 21.8. The first-order valence-corrected chi connectivity index (χ1v) is 11.0. The molecule has 2 rings (SSSR count). The zero-order chi connectivity index (χ0) is 20.2. The maximum Gasteiger partial charge on any atom is 0.334 e. The van der Waals surface area contributed by atoms with Crippen molar-refractivity contribution in [1.29, 1.82) is 0 Å². The summed E-state index contributed by atoms with van der Waals surface area (Å²) < 4.78 is 10.2. The van der Waals surface area contributed by atoms with Gasteiger partial charge in [0.1, 0.15) is 12.2 Å². The van der Waals surface area contributed by atoms with Crippen LogP contribution in [0.3, 0.4) is 0 Å².